The third-order valence-corrected chi connectivity index (χ3v) is 15.0. The number of benzene rings is 3. The summed E-state index contributed by atoms with van der Waals surface area (Å²) in [5, 5.41) is 2.47. The second-order valence-electron chi connectivity index (χ2n) is 16.1. The smallest absolute Gasteiger partial charge is 0 e. The number of nitrogens with zero attached hydrogens (tertiary/aromatic N) is 3. The summed E-state index contributed by atoms with van der Waals surface area (Å²) >= 11 is -0.489. The van der Waals surface area contributed by atoms with Crippen LogP contribution in [0.25, 0.3) is 54.1 Å². The van der Waals surface area contributed by atoms with Crippen LogP contribution in [0, 0.1) is 31.4 Å². The van der Waals surface area contributed by atoms with Gasteiger partial charge in [-0.25, -0.2) is 4.98 Å². The predicted molar refractivity (Wildman–Crippen MR) is 225 cm³/mol. The van der Waals surface area contributed by atoms with Crippen LogP contribution >= 0.6 is 11.3 Å². The van der Waals surface area contributed by atoms with Gasteiger partial charge >= 0.3 is 135 Å². The van der Waals surface area contributed by atoms with Gasteiger partial charge in [0.05, 0.1) is 5.69 Å². The summed E-state index contributed by atoms with van der Waals surface area (Å²) < 4.78 is 19.9. The van der Waals surface area contributed by atoms with Crippen LogP contribution in [0.1, 0.15) is 64.2 Å². The molecule has 0 bridgehead atoms. The van der Waals surface area contributed by atoms with Crippen molar-refractivity contribution in [2.45, 2.75) is 83.9 Å². The van der Waals surface area contributed by atoms with Crippen molar-refractivity contribution < 1.29 is 22.8 Å². The fourth-order valence-corrected chi connectivity index (χ4v) is 11.2. The Morgan fingerprint density at radius 3 is 2.32 bits per heavy atom. The van der Waals surface area contributed by atoms with Crippen LogP contribution in [0.4, 0.5) is 0 Å². The molecule has 3 nitrogen and oxygen atoms in total. The Kier molecular flexibility index (Phi) is 11.1. The van der Waals surface area contributed by atoms with Crippen molar-refractivity contribution in [2.24, 2.45) is 5.41 Å². The number of thiophene rings is 1. The number of aryl methyl sites for hydroxylation is 3. The molecule has 1 aliphatic carbocycles. The molecule has 8 rings (SSSR count). The molecule has 0 aliphatic heterocycles. The van der Waals surface area contributed by atoms with Gasteiger partial charge in [0.25, 0.3) is 0 Å². The zero-order valence-electron chi connectivity index (χ0n) is 34.1. The van der Waals surface area contributed by atoms with Gasteiger partial charge in [0, 0.05) is 31.9 Å². The summed E-state index contributed by atoms with van der Waals surface area (Å²) in [6.07, 6.45) is 7.28. The van der Waals surface area contributed by atoms with Crippen LogP contribution in [-0.4, -0.2) is 28.2 Å². The summed E-state index contributed by atoms with van der Waals surface area (Å²) in [4.78, 5) is 15.5. The molecule has 0 spiro atoms. The van der Waals surface area contributed by atoms with Crippen molar-refractivity contribution in [1.29, 1.82) is 0 Å². The van der Waals surface area contributed by atoms with Gasteiger partial charge in [0.2, 0.25) is 0 Å². The van der Waals surface area contributed by atoms with Crippen LogP contribution in [-0.2, 0) is 39.3 Å². The monoisotopic (exact) mass is 956 g/mol. The first kappa shape index (κ1) is 36.5. The molecular formula is C47H49GeIrN3S-2. The molecule has 1 aliphatic rings. The summed E-state index contributed by atoms with van der Waals surface area (Å²) in [7, 11) is 0. The molecule has 0 amide bonds. The zero-order chi connectivity index (χ0) is 38.4. The Balaban J connectivity index is 0.000000193. The van der Waals surface area contributed by atoms with Gasteiger partial charge < -0.3 is 4.98 Å². The number of hydrogen-bond donors (Lipinski definition) is 0. The van der Waals surface area contributed by atoms with E-state index in [-0.39, 0.29) is 20.1 Å². The molecule has 0 unspecified atom stereocenters. The molecule has 53 heavy (non-hydrogen) atoms. The largest absolute Gasteiger partial charge is 0 e. The minimum Gasteiger partial charge on any atom is 0 e. The first-order valence-electron chi connectivity index (χ1n) is 19.4. The van der Waals surface area contributed by atoms with Crippen molar-refractivity contribution >= 4 is 49.3 Å². The van der Waals surface area contributed by atoms with E-state index in [0.29, 0.717) is 0 Å². The Hall–Kier alpha value is -3.48. The van der Waals surface area contributed by atoms with E-state index in [1.807, 2.05) is 63.5 Å². The van der Waals surface area contributed by atoms with Gasteiger partial charge in [-0.05, 0) is 78.6 Å². The topological polar surface area (TPSA) is 38.7 Å². The van der Waals surface area contributed by atoms with Crippen LogP contribution in [0.5, 0.6) is 0 Å². The fourth-order valence-electron chi connectivity index (χ4n) is 7.25. The van der Waals surface area contributed by atoms with Crippen LogP contribution in [0.3, 0.4) is 0 Å². The quantitative estimate of drug-likeness (QED) is 0.127. The summed E-state index contributed by atoms with van der Waals surface area (Å²) in [5.74, 6) is 6.86. The van der Waals surface area contributed by atoms with E-state index in [9.17, 15) is 0 Å². The van der Waals surface area contributed by atoms with Crippen LogP contribution < -0.4 is 4.40 Å². The number of fused-ring (bicyclic) bond motifs is 4. The van der Waals surface area contributed by atoms with Gasteiger partial charge in [0.1, 0.15) is 4.83 Å². The van der Waals surface area contributed by atoms with Crippen LogP contribution in [0.2, 0.25) is 17.3 Å². The molecule has 0 N–H and O–H groups in total. The van der Waals surface area contributed by atoms with Crippen molar-refractivity contribution in [3.8, 4) is 33.8 Å². The average molecular weight is 955 g/mol. The van der Waals surface area contributed by atoms with E-state index in [1.54, 1.807) is 11.3 Å². The second kappa shape index (κ2) is 16.1. The van der Waals surface area contributed by atoms with Crippen molar-refractivity contribution in [2.75, 3.05) is 0 Å². The summed E-state index contributed by atoms with van der Waals surface area (Å²) in [6.45, 7) is 10.2. The Bertz CT molecular complexity index is 2460. The number of aromatic nitrogens is 3. The van der Waals surface area contributed by atoms with E-state index < -0.39 is 25.1 Å². The van der Waals surface area contributed by atoms with Crippen molar-refractivity contribution in [1.82, 2.24) is 15.0 Å². The molecule has 4 heterocycles. The molecular weight excluding hydrogens is 903 g/mol. The maximum Gasteiger partial charge on any atom is 0 e. The van der Waals surface area contributed by atoms with E-state index in [4.69, 9.17) is 12.7 Å². The van der Waals surface area contributed by atoms with E-state index >= 15 is 0 Å². The maximum atomic E-state index is 8.76. The minimum absolute atomic E-state index is 0. The molecule has 0 atom stereocenters. The van der Waals surface area contributed by atoms with Crippen molar-refractivity contribution in [3.05, 3.63) is 131 Å². The van der Waals surface area contributed by atoms with E-state index in [2.05, 4.69) is 96.8 Å². The standard InChI is InChI=1S/C28H23N2S.C19H26GeN.Ir/c1-17-6-5-7-18(2)26(17)24-12-11-22-23-16-20(10-13-25(23)31-28(22)30-24)27-21-9-4-3-8-19(21)14-15-29-27;1-19(2,3)13-16-12-18(15-10-8-7-9-11-15)21-14-17(16)20(4,5)6;/h5-7,11-16H,3-4,8-9H2,1-2H3;7-10,12,14H,13H2,1-6H3;/q2*-1;/i;13D2;. The Labute approximate surface area is 339 Å². The fraction of sp³-hybridized carbons (Fsp3) is 0.298. The molecule has 3 aromatic carbocycles. The Morgan fingerprint density at radius 2 is 1.60 bits per heavy atom. The van der Waals surface area contributed by atoms with Gasteiger partial charge in [-0.15, -0.1) is 23.8 Å². The maximum absolute atomic E-state index is 8.76. The normalized spacial score (nSPS) is 13.7. The molecule has 4 aromatic heterocycles. The van der Waals surface area contributed by atoms with E-state index in [1.165, 1.54) is 62.6 Å². The first-order chi connectivity index (χ1) is 25.6. The van der Waals surface area contributed by atoms with Gasteiger partial charge in [-0.3, -0.25) is 0 Å². The predicted octanol–water partition coefficient (Wildman–Crippen LogP) is 12.2. The number of rotatable bonds is 5. The first-order valence-corrected chi connectivity index (χ1v) is 26.6. The molecule has 1 radical (unpaired) electrons. The summed E-state index contributed by atoms with van der Waals surface area (Å²) in [6, 6.07) is 33.8. The zero-order valence-corrected chi connectivity index (χ0v) is 37.4. The summed E-state index contributed by atoms with van der Waals surface area (Å²) in [5.41, 5.74) is 11.9. The van der Waals surface area contributed by atoms with Gasteiger partial charge in [-0.1, -0.05) is 40.8 Å². The van der Waals surface area contributed by atoms with Crippen LogP contribution in [0.15, 0.2) is 91.3 Å². The van der Waals surface area contributed by atoms with Crippen molar-refractivity contribution in [3.63, 3.8) is 0 Å². The molecule has 7 aromatic rings. The molecule has 0 saturated heterocycles. The Morgan fingerprint density at radius 1 is 0.830 bits per heavy atom. The molecule has 6 heteroatoms. The van der Waals surface area contributed by atoms with Gasteiger partial charge in [0.15, 0.2) is 0 Å². The third kappa shape index (κ3) is 8.76. The SMILES string of the molecule is Cc1cccc(C)c1-c1ccc2c(n1)sc1c[c-]c(-c3nccc4c3CCCC4)cc12.[2H]C([2H])(c1cc(-c2[c-]cccc2)nc[c]1[Ge]([CH3])([CH3])[CH3])C(C)(C)C.[Ir]. The third-order valence-electron chi connectivity index (χ3n) is 9.74. The minimum atomic E-state index is -2.24. The van der Waals surface area contributed by atoms with Gasteiger partial charge in [-0.2, -0.15) is 11.3 Å². The second-order valence-corrected chi connectivity index (χ2v) is 27.7. The number of pyridine rings is 3. The molecule has 273 valence electrons. The molecule has 0 fully saturated rings. The molecule has 0 saturated carbocycles. The average Bonchev–Trinajstić information content (AvgIpc) is 3.51. The number of hydrogen-bond acceptors (Lipinski definition) is 4. The van der Waals surface area contributed by atoms with E-state index in [0.717, 1.165) is 49.4 Å².